The summed E-state index contributed by atoms with van der Waals surface area (Å²) in [6, 6.07) is 24.4. The van der Waals surface area contributed by atoms with Crippen molar-refractivity contribution < 1.29 is 8.42 Å². The number of hydrogen-bond donors (Lipinski definition) is 1. The molecule has 0 bridgehead atoms. The predicted molar refractivity (Wildman–Crippen MR) is 126 cm³/mol. The Morgan fingerprint density at radius 3 is 2.00 bits per heavy atom. The molecule has 7 heteroatoms. The lowest BCUT2D eigenvalue weighted by Crippen LogP contribution is -2.39. The third-order valence-corrected chi connectivity index (χ3v) is 8.27. The smallest absolute Gasteiger partial charge is 0.245 e. The van der Waals surface area contributed by atoms with Gasteiger partial charge in [-0.1, -0.05) is 97.7 Å². The third kappa shape index (κ3) is 4.13. The first-order valence-electron chi connectivity index (χ1n) is 10.1. The van der Waals surface area contributed by atoms with E-state index in [9.17, 15) is 8.42 Å². The van der Waals surface area contributed by atoms with Crippen molar-refractivity contribution in [3.05, 3.63) is 101 Å². The zero-order valence-electron chi connectivity index (χ0n) is 17.2. The van der Waals surface area contributed by atoms with Crippen LogP contribution in [0.25, 0.3) is 0 Å². The lowest BCUT2D eigenvalue weighted by atomic mass is 9.97. The van der Waals surface area contributed by atoms with Gasteiger partial charge >= 0.3 is 0 Å². The van der Waals surface area contributed by atoms with E-state index in [2.05, 4.69) is 5.32 Å². The molecule has 4 atom stereocenters. The second-order valence-electron chi connectivity index (χ2n) is 7.96. The first-order valence-corrected chi connectivity index (χ1v) is 12.3. The van der Waals surface area contributed by atoms with Crippen LogP contribution in [0.3, 0.4) is 0 Å². The maximum Gasteiger partial charge on any atom is 0.245 e. The molecule has 31 heavy (non-hydrogen) atoms. The van der Waals surface area contributed by atoms with E-state index < -0.39 is 27.1 Å². The van der Waals surface area contributed by atoms with Crippen LogP contribution >= 0.6 is 23.2 Å². The number of halogens is 2. The second kappa shape index (κ2) is 8.57. The third-order valence-electron chi connectivity index (χ3n) is 5.41. The van der Waals surface area contributed by atoms with Crippen LogP contribution in [0.5, 0.6) is 0 Å². The molecule has 0 radical (unpaired) electrons. The van der Waals surface area contributed by atoms with Crippen molar-refractivity contribution in [1.29, 1.82) is 0 Å². The average molecular weight is 475 g/mol. The number of sulfonamides is 1. The molecule has 1 aliphatic rings. The van der Waals surface area contributed by atoms with E-state index in [0.717, 1.165) is 11.1 Å². The molecule has 0 amide bonds. The number of benzene rings is 3. The monoisotopic (exact) mass is 474 g/mol. The van der Waals surface area contributed by atoms with Gasteiger partial charge in [-0.05, 0) is 35.4 Å². The highest BCUT2D eigenvalue weighted by Crippen LogP contribution is 2.64. The van der Waals surface area contributed by atoms with E-state index in [-0.39, 0.29) is 10.9 Å². The van der Waals surface area contributed by atoms with Crippen molar-refractivity contribution in [3.63, 3.8) is 0 Å². The van der Waals surface area contributed by atoms with E-state index in [1.165, 1.54) is 4.31 Å². The van der Waals surface area contributed by atoms with Crippen molar-refractivity contribution in [2.75, 3.05) is 0 Å². The Hall–Kier alpha value is -1.89. The fourth-order valence-corrected chi connectivity index (χ4v) is 6.75. The van der Waals surface area contributed by atoms with Gasteiger partial charge in [0, 0.05) is 11.1 Å². The summed E-state index contributed by atoms with van der Waals surface area (Å²) in [7, 11) is -3.84. The van der Waals surface area contributed by atoms with Crippen LogP contribution in [-0.4, -0.2) is 23.8 Å². The minimum atomic E-state index is -3.84. The largest absolute Gasteiger partial charge is 0.305 e. The molecule has 1 unspecified atom stereocenters. The van der Waals surface area contributed by atoms with Crippen molar-refractivity contribution in [2.45, 2.75) is 41.9 Å². The first kappa shape index (κ1) is 22.3. The molecule has 1 aliphatic heterocycles. The zero-order chi connectivity index (χ0) is 22.2. The number of nitrogens with one attached hydrogen (secondary N) is 1. The van der Waals surface area contributed by atoms with Gasteiger partial charge in [0.15, 0.2) is 5.00 Å². The zero-order valence-corrected chi connectivity index (χ0v) is 19.6. The average Bonchev–Trinajstić information content (AvgIpc) is 3.41. The Kier molecular flexibility index (Phi) is 6.16. The molecule has 0 saturated carbocycles. The summed E-state index contributed by atoms with van der Waals surface area (Å²) in [6.07, 6.45) is 0. The van der Waals surface area contributed by atoms with Gasteiger partial charge in [-0.3, -0.25) is 0 Å². The molecule has 3 aromatic carbocycles. The van der Waals surface area contributed by atoms with Crippen LogP contribution in [0.4, 0.5) is 0 Å². The van der Waals surface area contributed by atoms with Gasteiger partial charge in [0.25, 0.3) is 0 Å². The summed E-state index contributed by atoms with van der Waals surface area (Å²) in [6.45, 7) is 4.04. The topological polar surface area (TPSA) is 49.2 Å². The molecule has 4 rings (SSSR count). The summed E-state index contributed by atoms with van der Waals surface area (Å²) in [4.78, 5) is -0.999. The number of alkyl halides is 1. The molecule has 0 aliphatic carbocycles. The van der Waals surface area contributed by atoms with Gasteiger partial charge in [-0.2, -0.15) is 4.31 Å². The highest BCUT2D eigenvalue weighted by Gasteiger charge is 2.72. The lowest BCUT2D eigenvalue weighted by molar-refractivity contribution is 0.416. The van der Waals surface area contributed by atoms with Crippen LogP contribution in [-0.2, 0) is 10.0 Å². The van der Waals surface area contributed by atoms with Crippen molar-refractivity contribution in [2.24, 2.45) is 0 Å². The summed E-state index contributed by atoms with van der Waals surface area (Å²) >= 11 is 13.4. The molecule has 0 aromatic heterocycles. The quantitative estimate of drug-likeness (QED) is 0.269. The summed E-state index contributed by atoms with van der Waals surface area (Å²) < 4.78 is 28.7. The summed E-state index contributed by atoms with van der Waals surface area (Å²) in [5, 5.41) is 4.08. The summed E-state index contributed by atoms with van der Waals surface area (Å²) in [5.41, 5.74) is 1.72. The standard InChI is InChI=1S/C24H24Cl2N2O2S/c1-17(2)27-22(18-9-5-3-6-10-18)24(26)23(19-13-15-20(25)16-14-19)28(24)31(29,30)21-11-7-4-8-12-21/h3-17,22-23,27H,1-2H3/t22-,23-,24-,28?/m1/s1. The molecule has 162 valence electrons. The van der Waals surface area contributed by atoms with Crippen LogP contribution in [0.15, 0.2) is 89.8 Å². The first-order chi connectivity index (χ1) is 14.8. The van der Waals surface area contributed by atoms with Crippen LogP contribution in [0, 0.1) is 0 Å². The SMILES string of the molecule is CC(C)N[C@H](c1ccccc1)[C@]1(Cl)[C@@H](c2ccc(Cl)cc2)N1S(=O)(=O)c1ccccc1. The van der Waals surface area contributed by atoms with Gasteiger partial charge in [0.05, 0.1) is 17.0 Å². The molecule has 4 nitrogen and oxygen atoms in total. The molecular formula is C24H24Cl2N2O2S. The van der Waals surface area contributed by atoms with Gasteiger partial charge in [0.1, 0.15) is 0 Å². The van der Waals surface area contributed by atoms with Gasteiger partial charge in [-0.15, -0.1) is 0 Å². The van der Waals surface area contributed by atoms with Crippen molar-refractivity contribution >= 4 is 33.2 Å². The molecular weight excluding hydrogens is 451 g/mol. The maximum absolute atomic E-state index is 13.7. The van der Waals surface area contributed by atoms with E-state index in [1.54, 1.807) is 42.5 Å². The van der Waals surface area contributed by atoms with Crippen molar-refractivity contribution in [3.8, 4) is 0 Å². The molecule has 3 aromatic rings. The van der Waals surface area contributed by atoms with Gasteiger partial charge in [0.2, 0.25) is 10.0 Å². The predicted octanol–water partition coefficient (Wildman–Crippen LogP) is 5.76. The minimum absolute atomic E-state index is 0.0913. The van der Waals surface area contributed by atoms with Crippen LogP contribution in [0.1, 0.15) is 37.1 Å². The highest BCUT2D eigenvalue weighted by molar-refractivity contribution is 7.89. The molecule has 0 spiro atoms. The van der Waals surface area contributed by atoms with E-state index in [0.29, 0.717) is 5.02 Å². The normalized spacial score (nSPS) is 24.2. The summed E-state index contributed by atoms with van der Waals surface area (Å²) in [5.74, 6) is 0. The minimum Gasteiger partial charge on any atom is -0.305 e. The molecule has 1 N–H and O–H groups in total. The van der Waals surface area contributed by atoms with Crippen molar-refractivity contribution in [1.82, 2.24) is 9.62 Å². The Labute approximate surface area is 193 Å². The Balaban J connectivity index is 1.86. The molecule has 1 heterocycles. The number of hydrogen-bond acceptors (Lipinski definition) is 3. The Morgan fingerprint density at radius 1 is 0.903 bits per heavy atom. The second-order valence-corrected chi connectivity index (χ2v) is 10.8. The maximum atomic E-state index is 13.7. The van der Waals surface area contributed by atoms with E-state index in [4.69, 9.17) is 23.2 Å². The number of rotatable bonds is 7. The fraction of sp³-hybridized carbons (Fsp3) is 0.250. The number of nitrogens with zero attached hydrogens (tertiary/aromatic N) is 1. The Bertz CT molecular complexity index is 1140. The van der Waals surface area contributed by atoms with Gasteiger partial charge < -0.3 is 5.32 Å². The molecule has 1 saturated heterocycles. The Morgan fingerprint density at radius 2 is 1.45 bits per heavy atom. The van der Waals surface area contributed by atoms with E-state index >= 15 is 0 Å². The molecule has 1 fully saturated rings. The lowest BCUT2D eigenvalue weighted by Gasteiger charge is -2.27. The highest BCUT2D eigenvalue weighted by atomic mass is 35.5. The van der Waals surface area contributed by atoms with Gasteiger partial charge in [-0.25, -0.2) is 8.42 Å². The van der Waals surface area contributed by atoms with Crippen LogP contribution < -0.4 is 5.32 Å². The van der Waals surface area contributed by atoms with Crippen LogP contribution in [0.2, 0.25) is 5.02 Å². The fourth-order valence-electron chi connectivity index (χ4n) is 4.01. The van der Waals surface area contributed by atoms with E-state index in [1.807, 2.05) is 56.3 Å².